The third kappa shape index (κ3) is 3.39. The Morgan fingerprint density at radius 2 is 2.10 bits per heavy atom. The van der Waals surface area contributed by atoms with Gasteiger partial charge in [0, 0.05) is 22.7 Å². The normalized spacial score (nSPS) is 19.9. The van der Waals surface area contributed by atoms with Crippen molar-refractivity contribution in [2.75, 3.05) is 0 Å². The minimum Gasteiger partial charge on any atom is -0.478 e. The largest absolute Gasteiger partial charge is 0.478 e. The first-order valence-corrected chi connectivity index (χ1v) is 6.69. The van der Waals surface area contributed by atoms with Crippen molar-refractivity contribution < 1.29 is 14.7 Å². The van der Waals surface area contributed by atoms with Gasteiger partial charge in [-0.25, -0.2) is 4.79 Å². The molecule has 0 spiro atoms. The van der Waals surface area contributed by atoms with Crippen LogP contribution in [0.5, 0.6) is 0 Å². The SMILES string of the molecule is CC1(C)CC1NC(=O)c1ccc(/C=C/C(=O)O)c(Cl)c1. The lowest BCUT2D eigenvalue weighted by Gasteiger charge is -2.08. The first-order valence-electron chi connectivity index (χ1n) is 6.31. The fourth-order valence-electron chi connectivity index (χ4n) is 1.92. The molecule has 4 nitrogen and oxygen atoms in total. The Balaban J connectivity index is 2.08. The van der Waals surface area contributed by atoms with Crippen LogP contribution in [0.15, 0.2) is 24.3 Å². The van der Waals surface area contributed by atoms with E-state index < -0.39 is 5.97 Å². The van der Waals surface area contributed by atoms with Crippen LogP contribution in [0.3, 0.4) is 0 Å². The molecule has 0 heterocycles. The van der Waals surface area contributed by atoms with E-state index in [1.165, 1.54) is 6.08 Å². The predicted molar refractivity (Wildman–Crippen MR) is 77.8 cm³/mol. The number of aliphatic carboxylic acids is 1. The van der Waals surface area contributed by atoms with Crippen molar-refractivity contribution in [3.05, 3.63) is 40.4 Å². The number of carbonyl (C=O) groups excluding carboxylic acids is 1. The highest BCUT2D eigenvalue weighted by atomic mass is 35.5. The third-order valence-corrected chi connectivity index (χ3v) is 3.81. The first kappa shape index (κ1) is 14.6. The van der Waals surface area contributed by atoms with Crippen LogP contribution in [0.1, 0.15) is 36.2 Å². The zero-order valence-corrected chi connectivity index (χ0v) is 12.1. The summed E-state index contributed by atoms with van der Waals surface area (Å²) >= 11 is 6.04. The van der Waals surface area contributed by atoms with Crippen molar-refractivity contribution in [2.24, 2.45) is 5.41 Å². The van der Waals surface area contributed by atoms with Gasteiger partial charge in [0.25, 0.3) is 5.91 Å². The number of amides is 1. The van der Waals surface area contributed by atoms with Crippen LogP contribution in [-0.2, 0) is 4.79 Å². The Morgan fingerprint density at radius 1 is 1.45 bits per heavy atom. The van der Waals surface area contributed by atoms with Gasteiger partial charge >= 0.3 is 5.97 Å². The number of carboxylic acid groups (broad SMARTS) is 1. The number of benzene rings is 1. The molecule has 1 aliphatic rings. The minimum absolute atomic E-state index is 0.156. The molecule has 2 rings (SSSR count). The zero-order valence-electron chi connectivity index (χ0n) is 11.3. The Hall–Kier alpha value is -1.81. The Bertz CT molecular complexity index is 593. The average molecular weight is 294 g/mol. The van der Waals surface area contributed by atoms with E-state index in [9.17, 15) is 9.59 Å². The van der Waals surface area contributed by atoms with Crippen LogP contribution < -0.4 is 5.32 Å². The molecule has 1 amide bonds. The van der Waals surface area contributed by atoms with Gasteiger partial charge in [0.15, 0.2) is 0 Å². The molecular formula is C15H16ClNO3. The van der Waals surface area contributed by atoms with E-state index in [4.69, 9.17) is 16.7 Å². The first-order chi connectivity index (χ1) is 9.29. The maximum absolute atomic E-state index is 12.0. The highest BCUT2D eigenvalue weighted by Crippen LogP contribution is 2.44. The van der Waals surface area contributed by atoms with Crippen molar-refractivity contribution in [1.82, 2.24) is 5.32 Å². The van der Waals surface area contributed by atoms with Crippen molar-refractivity contribution in [3.63, 3.8) is 0 Å². The van der Waals surface area contributed by atoms with Gasteiger partial charge in [-0.2, -0.15) is 0 Å². The summed E-state index contributed by atoms with van der Waals surface area (Å²) in [5.74, 6) is -1.20. The average Bonchev–Trinajstić information content (AvgIpc) is 2.94. The highest BCUT2D eigenvalue weighted by Gasteiger charge is 2.46. The van der Waals surface area contributed by atoms with Crippen molar-refractivity contribution >= 4 is 29.6 Å². The van der Waals surface area contributed by atoms with E-state index in [0.717, 1.165) is 12.5 Å². The van der Waals surface area contributed by atoms with Gasteiger partial charge in [-0.05, 0) is 35.6 Å². The number of nitrogens with one attached hydrogen (secondary N) is 1. The number of carboxylic acids is 1. The van der Waals surface area contributed by atoms with Crippen LogP contribution in [0.25, 0.3) is 6.08 Å². The molecule has 1 aromatic carbocycles. The quantitative estimate of drug-likeness (QED) is 0.839. The molecule has 2 N–H and O–H groups in total. The molecule has 1 saturated carbocycles. The van der Waals surface area contributed by atoms with E-state index in [1.807, 2.05) is 0 Å². The summed E-state index contributed by atoms with van der Waals surface area (Å²) in [6.45, 7) is 4.20. The minimum atomic E-state index is -1.04. The fraction of sp³-hybridized carbons (Fsp3) is 0.333. The molecule has 0 bridgehead atoms. The molecule has 0 radical (unpaired) electrons. The summed E-state index contributed by atoms with van der Waals surface area (Å²) in [4.78, 5) is 22.5. The zero-order chi connectivity index (χ0) is 14.9. The van der Waals surface area contributed by atoms with Crippen LogP contribution >= 0.6 is 11.6 Å². The number of halogens is 1. The van der Waals surface area contributed by atoms with Gasteiger partial charge in [0.2, 0.25) is 0 Å². The van der Waals surface area contributed by atoms with Crippen LogP contribution in [0.2, 0.25) is 5.02 Å². The standard InChI is InChI=1S/C15H16ClNO3/c1-15(2)8-12(15)17-14(20)10-4-3-9(11(16)7-10)5-6-13(18)19/h3-7,12H,8H2,1-2H3,(H,17,20)(H,18,19)/b6-5+. The van der Waals surface area contributed by atoms with Crippen LogP contribution in [0, 0.1) is 5.41 Å². The van der Waals surface area contributed by atoms with Gasteiger partial charge in [-0.3, -0.25) is 4.79 Å². The molecule has 1 atom stereocenters. The number of hydrogen-bond acceptors (Lipinski definition) is 2. The van der Waals surface area contributed by atoms with E-state index in [1.54, 1.807) is 18.2 Å². The lowest BCUT2D eigenvalue weighted by molar-refractivity contribution is -0.131. The van der Waals surface area contributed by atoms with Crippen LogP contribution in [0.4, 0.5) is 0 Å². The monoisotopic (exact) mass is 293 g/mol. The molecule has 0 saturated heterocycles. The predicted octanol–water partition coefficient (Wildman–Crippen LogP) is 2.97. The molecular weight excluding hydrogens is 278 g/mol. The molecule has 1 fully saturated rings. The summed E-state index contributed by atoms with van der Waals surface area (Å²) in [6, 6.07) is 5.03. The molecule has 1 aromatic rings. The van der Waals surface area contributed by atoms with Gasteiger partial charge in [-0.1, -0.05) is 31.5 Å². The number of rotatable bonds is 4. The van der Waals surface area contributed by atoms with Crippen molar-refractivity contribution in [1.29, 1.82) is 0 Å². The lowest BCUT2D eigenvalue weighted by Crippen LogP contribution is -2.28. The lowest BCUT2D eigenvalue weighted by atomic mass is 10.1. The Labute approximate surface area is 122 Å². The second kappa shape index (κ2) is 5.29. The van der Waals surface area contributed by atoms with E-state index >= 15 is 0 Å². The summed E-state index contributed by atoms with van der Waals surface area (Å²) in [5, 5.41) is 11.9. The van der Waals surface area contributed by atoms with Gasteiger partial charge in [0.1, 0.15) is 0 Å². The number of carbonyl (C=O) groups is 2. The summed E-state index contributed by atoms with van der Waals surface area (Å²) in [5.41, 5.74) is 1.21. The molecule has 106 valence electrons. The van der Waals surface area contributed by atoms with Gasteiger partial charge in [0.05, 0.1) is 0 Å². The Morgan fingerprint density at radius 3 is 2.60 bits per heavy atom. The molecule has 1 aliphatic carbocycles. The topological polar surface area (TPSA) is 66.4 Å². The maximum atomic E-state index is 12.0. The summed E-state index contributed by atoms with van der Waals surface area (Å²) in [7, 11) is 0. The fourth-order valence-corrected chi connectivity index (χ4v) is 2.16. The highest BCUT2D eigenvalue weighted by molar-refractivity contribution is 6.32. The molecule has 0 aromatic heterocycles. The molecule has 0 aliphatic heterocycles. The molecule has 5 heteroatoms. The summed E-state index contributed by atoms with van der Waals surface area (Å²) in [6.07, 6.45) is 3.38. The molecule has 1 unspecified atom stereocenters. The summed E-state index contributed by atoms with van der Waals surface area (Å²) < 4.78 is 0. The van der Waals surface area contributed by atoms with Crippen LogP contribution in [-0.4, -0.2) is 23.0 Å². The van der Waals surface area contributed by atoms with E-state index in [-0.39, 0.29) is 17.4 Å². The molecule has 20 heavy (non-hydrogen) atoms. The number of hydrogen-bond donors (Lipinski definition) is 2. The second-order valence-electron chi connectivity index (χ2n) is 5.63. The van der Waals surface area contributed by atoms with Crippen molar-refractivity contribution in [3.8, 4) is 0 Å². The van der Waals surface area contributed by atoms with E-state index in [0.29, 0.717) is 16.1 Å². The van der Waals surface area contributed by atoms with Gasteiger partial charge < -0.3 is 10.4 Å². The third-order valence-electron chi connectivity index (χ3n) is 3.49. The Kier molecular flexibility index (Phi) is 3.86. The van der Waals surface area contributed by atoms with Crippen molar-refractivity contribution in [2.45, 2.75) is 26.3 Å². The van der Waals surface area contributed by atoms with E-state index in [2.05, 4.69) is 19.2 Å². The van der Waals surface area contributed by atoms with Gasteiger partial charge in [-0.15, -0.1) is 0 Å². The maximum Gasteiger partial charge on any atom is 0.328 e. The second-order valence-corrected chi connectivity index (χ2v) is 6.03. The smallest absolute Gasteiger partial charge is 0.328 e.